The lowest BCUT2D eigenvalue weighted by Gasteiger charge is -2.36. The maximum absolute atomic E-state index is 13.4. The second-order valence-electron chi connectivity index (χ2n) is 8.36. The average Bonchev–Trinajstić information content (AvgIpc) is 2.88. The van der Waals surface area contributed by atoms with Crippen molar-refractivity contribution in [2.45, 2.75) is 13.0 Å². The summed E-state index contributed by atoms with van der Waals surface area (Å²) < 4.78 is 19.2. The number of carbonyl (C=O) groups excluding carboxylic acids is 1. The summed E-state index contributed by atoms with van der Waals surface area (Å²) >= 11 is 0. The van der Waals surface area contributed by atoms with E-state index in [2.05, 4.69) is 14.9 Å². The highest BCUT2D eigenvalue weighted by molar-refractivity contribution is 5.89. The predicted octanol–water partition coefficient (Wildman–Crippen LogP) is 3.53. The molecular weight excluding hydrogens is 447 g/mol. The Balaban J connectivity index is 1.34. The van der Waals surface area contributed by atoms with Crippen molar-refractivity contribution < 1.29 is 13.9 Å². The number of fused-ring (bicyclic) bond motifs is 1. The summed E-state index contributed by atoms with van der Waals surface area (Å²) in [6.45, 7) is 3.94. The van der Waals surface area contributed by atoms with Crippen LogP contribution in [-0.4, -0.2) is 58.0 Å². The number of nitrogens with two attached hydrogens (primary N) is 1. The van der Waals surface area contributed by atoms with Gasteiger partial charge in [0.05, 0.1) is 11.2 Å². The lowest BCUT2D eigenvalue weighted by atomic mass is 10.1. The first kappa shape index (κ1) is 22.5. The molecule has 1 saturated heterocycles. The fraction of sp³-hybridized carbons (Fsp3) is 0.231. The number of nitrogen functional groups attached to an aromatic ring is 1. The van der Waals surface area contributed by atoms with Gasteiger partial charge in [-0.05, 0) is 55.5 Å². The van der Waals surface area contributed by atoms with Crippen LogP contribution in [0.5, 0.6) is 5.75 Å². The smallest absolute Gasteiger partial charge is 0.263 e. The van der Waals surface area contributed by atoms with Crippen LogP contribution >= 0.6 is 0 Å². The minimum atomic E-state index is -0.584. The molecule has 1 unspecified atom stereocenters. The van der Waals surface area contributed by atoms with Crippen LogP contribution in [0.3, 0.4) is 0 Å². The monoisotopic (exact) mass is 472 g/mol. The van der Waals surface area contributed by atoms with Gasteiger partial charge in [0.1, 0.15) is 17.1 Å². The van der Waals surface area contributed by atoms with Gasteiger partial charge in [-0.3, -0.25) is 4.79 Å². The molecule has 8 nitrogen and oxygen atoms in total. The van der Waals surface area contributed by atoms with Crippen molar-refractivity contribution in [1.29, 1.82) is 0 Å². The molecule has 4 aromatic rings. The van der Waals surface area contributed by atoms with Gasteiger partial charge in [0.15, 0.2) is 11.9 Å². The molecule has 5 rings (SSSR count). The van der Waals surface area contributed by atoms with Gasteiger partial charge in [-0.1, -0.05) is 18.2 Å². The number of pyridine rings is 1. The summed E-state index contributed by atoms with van der Waals surface area (Å²) in [5.41, 5.74) is 8.70. The van der Waals surface area contributed by atoms with Crippen molar-refractivity contribution in [1.82, 2.24) is 19.9 Å². The van der Waals surface area contributed by atoms with E-state index >= 15 is 0 Å². The number of halogens is 1. The van der Waals surface area contributed by atoms with Gasteiger partial charge in [0.2, 0.25) is 5.95 Å². The molecule has 9 heteroatoms. The molecule has 2 aromatic carbocycles. The maximum atomic E-state index is 13.4. The zero-order valence-electron chi connectivity index (χ0n) is 19.3. The number of piperazine rings is 1. The van der Waals surface area contributed by atoms with E-state index < -0.39 is 6.10 Å². The van der Waals surface area contributed by atoms with Crippen molar-refractivity contribution in [3.63, 3.8) is 0 Å². The second kappa shape index (κ2) is 9.54. The molecule has 0 saturated carbocycles. The Morgan fingerprint density at radius 3 is 2.37 bits per heavy atom. The van der Waals surface area contributed by atoms with Crippen molar-refractivity contribution in [2.75, 3.05) is 36.8 Å². The summed E-state index contributed by atoms with van der Waals surface area (Å²) in [5, 5.41) is 0. The molecule has 3 heterocycles. The van der Waals surface area contributed by atoms with Crippen LogP contribution in [0, 0.1) is 5.82 Å². The standard InChI is InChI=1S/C26H25FN6O2/c1-17(35-20-5-3-2-4-6-20)25(34)33-15-13-32(14-16-33)24-23-22(30-26(28)31-24)12-11-21(29-23)18-7-9-19(27)10-8-18/h2-12,17H,13-16H2,1H3,(H2,28,30,31). The largest absolute Gasteiger partial charge is 0.481 e. The van der Waals surface area contributed by atoms with E-state index in [0.29, 0.717) is 54.5 Å². The van der Waals surface area contributed by atoms with Gasteiger partial charge in [-0.15, -0.1) is 0 Å². The Labute approximate surface area is 202 Å². The number of rotatable bonds is 5. The zero-order valence-corrected chi connectivity index (χ0v) is 19.3. The topological polar surface area (TPSA) is 97.5 Å². The minimum absolute atomic E-state index is 0.0581. The molecule has 0 aliphatic carbocycles. The van der Waals surface area contributed by atoms with Gasteiger partial charge in [-0.2, -0.15) is 4.98 Å². The van der Waals surface area contributed by atoms with Crippen LogP contribution in [0.4, 0.5) is 16.2 Å². The van der Waals surface area contributed by atoms with Gasteiger partial charge in [-0.25, -0.2) is 14.4 Å². The third-order valence-corrected chi connectivity index (χ3v) is 5.98. The Morgan fingerprint density at radius 1 is 0.943 bits per heavy atom. The van der Waals surface area contributed by atoms with E-state index in [4.69, 9.17) is 15.5 Å². The summed E-state index contributed by atoms with van der Waals surface area (Å²) in [4.78, 5) is 30.4. The van der Waals surface area contributed by atoms with Gasteiger partial charge in [0, 0.05) is 31.7 Å². The molecule has 1 amide bonds. The van der Waals surface area contributed by atoms with E-state index in [9.17, 15) is 9.18 Å². The Morgan fingerprint density at radius 2 is 1.66 bits per heavy atom. The number of para-hydroxylation sites is 1. The number of hydrogen-bond acceptors (Lipinski definition) is 7. The summed E-state index contributed by atoms with van der Waals surface area (Å²) in [6.07, 6.45) is -0.584. The number of anilines is 2. The van der Waals surface area contributed by atoms with Crippen molar-refractivity contribution in [3.05, 3.63) is 72.5 Å². The molecule has 178 valence electrons. The highest BCUT2D eigenvalue weighted by atomic mass is 19.1. The van der Waals surface area contributed by atoms with E-state index in [1.807, 2.05) is 42.5 Å². The number of amides is 1. The number of nitrogens with zero attached hydrogens (tertiary/aromatic N) is 5. The van der Waals surface area contributed by atoms with Crippen LogP contribution in [0.2, 0.25) is 0 Å². The summed E-state index contributed by atoms with van der Waals surface area (Å²) in [5.74, 6) is 1.09. The van der Waals surface area contributed by atoms with Crippen LogP contribution in [-0.2, 0) is 4.79 Å². The third kappa shape index (κ3) is 4.84. The fourth-order valence-corrected chi connectivity index (χ4v) is 4.17. The first-order valence-corrected chi connectivity index (χ1v) is 11.4. The number of ether oxygens (including phenoxy) is 1. The molecule has 1 atom stereocenters. The number of benzene rings is 2. The Kier molecular flexibility index (Phi) is 6.13. The third-order valence-electron chi connectivity index (χ3n) is 5.98. The number of hydrogen-bond donors (Lipinski definition) is 1. The molecule has 2 N–H and O–H groups in total. The lowest BCUT2D eigenvalue weighted by Crippen LogP contribution is -2.52. The van der Waals surface area contributed by atoms with E-state index in [0.717, 1.165) is 5.56 Å². The first-order valence-electron chi connectivity index (χ1n) is 11.4. The zero-order chi connectivity index (χ0) is 24.4. The molecule has 1 aliphatic rings. The van der Waals surface area contributed by atoms with Gasteiger partial charge < -0.3 is 20.3 Å². The highest BCUT2D eigenvalue weighted by Gasteiger charge is 2.28. The number of aromatic nitrogens is 3. The van der Waals surface area contributed by atoms with Crippen LogP contribution in [0.1, 0.15) is 6.92 Å². The molecule has 1 fully saturated rings. The SMILES string of the molecule is CC(Oc1ccccc1)C(=O)N1CCN(c2nc(N)nc3ccc(-c4ccc(F)cc4)nc23)CC1. The molecule has 1 aliphatic heterocycles. The van der Waals surface area contributed by atoms with E-state index in [-0.39, 0.29) is 17.7 Å². The van der Waals surface area contributed by atoms with Crippen molar-refractivity contribution in [3.8, 4) is 17.0 Å². The molecule has 0 spiro atoms. The minimum Gasteiger partial charge on any atom is -0.481 e. The lowest BCUT2D eigenvalue weighted by molar-refractivity contribution is -0.138. The predicted molar refractivity (Wildman–Crippen MR) is 132 cm³/mol. The summed E-state index contributed by atoms with van der Waals surface area (Å²) in [6, 6.07) is 19.2. The number of carbonyl (C=O) groups is 1. The van der Waals surface area contributed by atoms with Crippen LogP contribution in [0.15, 0.2) is 66.7 Å². The van der Waals surface area contributed by atoms with Gasteiger partial charge in [0.25, 0.3) is 5.91 Å². The van der Waals surface area contributed by atoms with Crippen LogP contribution < -0.4 is 15.4 Å². The average molecular weight is 473 g/mol. The molecule has 2 aromatic heterocycles. The van der Waals surface area contributed by atoms with Crippen molar-refractivity contribution in [2.24, 2.45) is 0 Å². The Bertz CT molecular complexity index is 1340. The molecule has 0 radical (unpaired) electrons. The highest BCUT2D eigenvalue weighted by Crippen LogP contribution is 2.28. The first-order chi connectivity index (χ1) is 17.0. The molecule has 35 heavy (non-hydrogen) atoms. The quantitative estimate of drug-likeness (QED) is 0.475. The van der Waals surface area contributed by atoms with Crippen molar-refractivity contribution >= 4 is 28.7 Å². The molecule has 0 bridgehead atoms. The Hall–Kier alpha value is -4.27. The summed E-state index contributed by atoms with van der Waals surface area (Å²) in [7, 11) is 0. The fourth-order valence-electron chi connectivity index (χ4n) is 4.17. The second-order valence-corrected chi connectivity index (χ2v) is 8.36. The normalized spacial score (nSPS) is 14.7. The maximum Gasteiger partial charge on any atom is 0.263 e. The van der Waals surface area contributed by atoms with E-state index in [1.165, 1.54) is 12.1 Å². The van der Waals surface area contributed by atoms with Crippen LogP contribution in [0.25, 0.3) is 22.3 Å². The van der Waals surface area contributed by atoms with Gasteiger partial charge >= 0.3 is 0 Å². The molecular formula is C26H25FN6O2. The van der Waals surface area contributed by atoms with E-state index in [1.54, 1.807) is 24.0 Å².